The van der Waals surface area contributed by atoms with Crippen molar-refractivity contribution in [3.63, 3.8) is 0 Å². The average molecular weight is 975 g/mol. The number of ether oxygens (including phenoxy) is 9. The quantitative estimate of drug-likeness (QED) is 0.0606. The summed E-state index contributed by atoms with van der Waals surface area (Å²) >= 11 is 0. The van der Waals surface area contributed by atoms with Gasteiger partial charge in [0.2, 0.25) is 0 Å². The number of aliphatic hydroxyl groups excluding tert-OH is 1. The van der Waals surface area contributed by atoms with Crippen molar-refractivity contribution in [2.75, 3.05) is 126 Å². The van der Waals surface area contributed by atoms with Crippen molar-refractivity contribution in [3.8, 4) is 11.4 Å². The normalized spacial score (nSPS) is 14.7. The number of fused-ring (bicyclic) bond motifs is 1. The van der Waals surface area contributed by atoms with Gasteiger partial charge in [-0.3, -0.25) is 18.7 Å². The van der Waals surface area contributed by atoms with Crippen LogP contribution in [0.5, 0.6) is 0 Å². The first-order valence-corrected chi connectivity index (χ1v) is 24.7. The van der Waals surface area contributed by atoms with E-state index in [1.165, 1.54) is 30.4 Å². The summed E-state index contributed by atoms with van der Waals surface area (Å²) in [6.07, 6.45) is 13.6. The molecule has 2 fully saturated rings. The first-order chi connectivity index (χ1) is 33.7. The zero-order valence-corrected chi connectivity index (χ0v) is 41.0. The molecular weight excluding hydrogens is 897 g/mol. The van der Waals surface area contributed by atoms with Gasteiger partial charge in [-0.1, -0.05) is 62.8 Å². The Morgan fingerprint density at radius 2 is 1.03 bits per heavy atom. The van der Waals surface area contributed by atoms with Crippen LogP contribution in [0.4, 0.5) is 0 Å². The molecule has 0 amide bonds. The molecule has 2 saturated carbocycles. The van der Waals surface area contributed by atoms with Crippen molar-refractivity contribution in [2.24, 2.45) is 11.8 Å². The van der Waals surface area contributed by atoms with Crippen LogP contribution < -0.4 is 11.2 Å². The number of carbonyl (C=O) groups excluding carboxylic acids is 1. The molecule has 2 aromatic heterocycles. The Morgan fingerprint density at radius 3 is 1.43 bits per heavy atom. The molecule has 19 nitrogen and oxygen atoms in total. The fourth-order valence-corrected chi connectivity index (χ4v) is 8.23. The van der Waals surface area contributed by atoms with Crippen LogP contribution in [0.25, 0.3) is 28.6 Å². The highest BCUT2D eigenvalue weighted by Crippen LogP contribution is 2.29. The summed E-state index contributed by atoms with van der Waals surface area (Å²) in [5, 5.41) is 17.5. The molecule has 0 bridgehead atoms. The van der Waals surface area contributed by atoms with Crippen LogP contribution in [0, 0.1) is 11.8 Å². The summed E-state index contributed by atoms with van der Waals surface area (Å²) in [7, 11) is 1.64. The van der Waals surface area contributed by atoms with Crippen molar-refractivity contribution in [1.82, 2.24) is 18.7 Å². The molecule has 0 radical (unpaired) electrons. The van der Waals surface area contributed by atoms with E-state index in [4.69, 9.17) is 57.8 Å². The smallest absolute Gasteiger partial charge is 0.332 e. The number of aliphatic hydroxyl groups is 1. The second kappa shape index (κ2) is 35.0. The molecule has 0 spiro atoms. The summed E-state index contributed by atoms with van der Waals surface area (Å²) in [6.45, 7) is 11.2. The molecule has 1 aromatic carbocycles. The fraction of sp³-hybridized carbons (Fsp3) is 0.700. The lowest BCUT2D eigenvalue weighted by molar-refractivity contribution is -0.131. The first-order valence-electron chi connectivity index (χ1n) is 24.7. The molecule has 0 aliphatic heterocycles. The van der Waals surface area contributed by atoms with Gasteiger partial charge in [-0.05, 0) is 56.1 Å². The minimum absolute atomic E-state index is 0.0322. The Bertz CT molecular complexity index is 2000. The number of benzene rings is 1. The highest BCUT2D eigenvalue weighted by Gasteiger charge is 2.27. The zero-order valence-electron chi connectivity index (χ0n) is 41.0. The Labute approximate surface area is 405 Å². The molecule has 388 valence electrons. The van der Waals surface area contributed by atoms with E-state index in [2.05, 4.69) is 0 Å². The van der Waals surface area contributed by atoms with Gasteiger partial charge >= 0.3 is 11.7 Å². The molecule has 2 heterocycles. The maximum Gasteiger partial charge on any atom is 0.332 e. The predicted octanol–water partition coefficient (Wildman–Crippen LogP) is 4.63. The van der Waals surface area contributed by atoms with Gasteiger partial charge in [-0.25, -0.2) is 14.6 Å². The second-order valence-corrected chi connectivity index (χ2v) is 17.1. The number of hydrogen-bond donors (Lipinski definition) is 2. The Kier molecular flexibility index (Phi) is 29.2. The van der Waals surface area contributed by atoms with Gasteiger partial charge < -0.3 is 57.4 Å². The third-order valence-corrected chi connectivity index (χ3v) is 11.7. The van der Waals surface area contributed by atoms with Gasteiger partial charge in [0.05, 0.1) is 125 Å². The summed E-state index contributed by atoms with van der Waals surface area (Å²) in [4.78, 5) is 56.2. The fourth-order valence-electron chi connectivity index (χ4n) is 8.23. The first kappa shape index (κ1) is 57.4. The molecule has 2 aliphatic rings. The van der Waals surface area contributed by atoms with E-state index in [1.54, 1.807) is 40.5 Å². The molecular formula is C50H78N4O15. The van der Waals surface area contributed by atoms with Crippen LogP contribution in [0.1, 0.15) is 76.7 Å². The number of methoxy groups -OCH3 is 1. The number of imidazole rings is 1. The average Bonchev–Trinajstić information content (AvgIpc) is 3.72. The molecule has 19 heteroatoms. The van der Waals surface area contributed by atoms with Crippen LogP contribution in [0.15, 0.2) is 39.9 Å². The summed E-state index contributed by atoms with van der Waals surface area (Å²) in [6, 6.07) is 7.12. The highest BCUT2D eigenvalue weighted by molar-refractivity contribution is 5.86. The van der Waals surface area contributed by atoms with E-state index in [1.807, 2.05) is 0 Å². The number of carbonyl (C=O) groups is 2. The number of ketones is 1. The van der Waals surface area contributed by atoms with Crippen LogP contribution in [-0.2, 0) is 71.9 Å². The lowest BCUT2D eigenvalue weighted by atomic mass is 9.89. The molecule has 3 aromatic rings. The number of carboxylic acids is 1. The van der Waals surface area contributed by atoms with Crippen molar-refractivity contribution >= 4 is 29.0 Å². The number of aromatic nitrogens is 4. The molecule has 2 aliphatic carbocycles. The highest BCUT2D eigenvalue weighted by atomic mass is 16.6. The molecule has 0 atom stereocenters. The number of carboxylic acid groups (broad SMARTS) is 1. The minimum atomic E-state index is -1.03. The second-order valence-electron chi connectivity index (χ2n) is 17.1. The van der Waals surface area contributed by atoms with Gasteiger partial charge in [-0.2, -0.15) is 0 Å². The van der Waals surface area contributed by atoms with Crippen molar-refractivity contribution in [2.45, 2.75) is 90.8 Å². The number of nitrogens with zero attached hydrogens (tertiary/aromatic N) is 4. The van der Waals surface area contributed by atoms with Gasteiger partial charge in [0.15, 0.2) is 11.2 Å². The van der Waals surface area contributed by atoms with E-state index in [-0.39, 0.29) is 36.1 Å². The van der Waals surface area contributed by atoms with E-state index in [0.29, 0.717) is 159 Å². The third-order valence-electron chi connectivity index (χ3n) is 11.7. The monoisotopic (exact) mass is 975 g/mol. The number of rotatable bonds is 35. The van der Waals surface area contributed by atoms with Crippen molar-refractivity contribution < 1.29 is 62.4 Å². The molecule has 2 N–H and O–H groups in total. The number of hydrogen-bond acceptors (Lipinski definition) is 15. The summed E-state index contributed by atoms with van der Waals surface area (Å²) in [5.41, 5.74) is 1.33. The standard InChI is InChI=1S/C31H38N4O5.C19H40O10/c1-21(36)18-33-27-29(32-28(33)25-15-12-22(13-16-25)14-17-26(37)38)34(19-23-8-4-2-5-9-23)31(40)35(30(27)39)20-24-10-6-3-7-11-24;1-21-4-5-23-8-9-25-12-13-27-16-17-29-19-18-28-15-14-26-11-10-24-7-6-22-3-2-20/h12-17,23-24H,2-11,18-20H2,1H3,(H,37,38);20H,2-19H2,1H3/b17-14+;. The number of aliphatic carboxylic acids is 1. The lowest BCUT2D eigenvalue weighted by Crippen LogP contribution is -2.43. The topological polar surface area (TPSA) is 219 Å². The van der Waals surface area contributed by atoms with Crippen LogP contribution in [0.2, 0.25) is 0 Å². The van der Waals surface area contributed by atoms with Gasteiger partial charge in [0.25, 0.3) is 5.56 Å². The Hall–Kier alpha value is -4.15. The maximum atomic E-state index is 14.0. The van der Waals surface area contributed by atoms with E-state index in [0.717, 1.165) is 57.4 Å². The molecule has 5 rings (SSSR count). The third kappa shape index (κ3) is 22.2. The molecule has 0 unspecified atom stereocenters. The van der Waals surface area contributed by atoms with Gasteiger partial charge in [0.1, 0.15) is 11.6 Å². The van der Waals surface area contributed by atoms with Crippen LogP contribution in [-0.4, -0.2) is 167 Å². The van der Waals surface area contributed by atoms with Crippen molar-refractivity contribution in [1.29, 1.82) is 0 Å². The van der Waals surface area contributed by atoms with E-state index >= 15 is 0 Å². The summed E-state index contributed by atoms with van der Waals surface area (Å²) < 4.78 is 52.2. The molecule has 0 saturated heterocycles. The largest absolute Gasteiger partial charge is 0.478 e. The Morgan fingerprint density at radius 1 is 0.609 bits per heavy atom. The van der Waals surface area contributed by atoms with Crippen LogP contribution >= 0.6 is 0 Å². The molecule has 69 heavy (non-hydrogen) atoms. The maximum absolute atomic E-state index is 14.0. The lowest BCUT2D eigenvalue weighted by Gasteiger charge is -2.25. The van der Waals surface area contributed by atoms with Crippen molar-refractivity contribution in [3.05, 3.63) is 56.7 Å². The Balaban J connectivity index is 0.000000319. The van der Waals surface area contributed by atoms with E-state index in [9.17, 15) is 19.2 Å². The zero-order chi connectivity index (χ0) is 49.3. The van der Waals surface area contributed by atoms with E-state index < -0.39 is 5.97 Å². The predicted molar refractivity (Wildman–Crippen MR) is 260 cm³/mol. The van der Waals surface area contributed by atoms with Gasteiger partial charge in [0, 0.05) is 31.8 Å². The summed E-state index contributed by atoms with van der Waals surface area (Å²) in [5.74, 6) is -0.0763. The SMILES string of the molecule is CC(=O)Cn1c(-c2ccc(/C=C/C(=O)O)cc2)nc2c1c(=O)n(CC1CCCCC1)c(=O)n2CC1CCCCC1.COCCOCCOCCOCCOCCOCCOCCOCCOCCO. The number of Topliss-reactive ketones (excluding diaryl/α,β-unsaturated/α-hetero) is 1. The minimum Gasteiger partial charge on any atom is -0.478 e. The van der Waals surface area contributed by atoms with Gasteiger partial charge in [-0.15, -0.1) is 0 Å². The van der Waals surface area contributed by atoms with Crippen LogP contribution in [0.3, 0.4) is 0 Å².